The highest BCUT2D eigenvalue weighted by Gasteiger charge is 2.45. The van der Waals surface area contributed by atoms with Gasteiger partial charge in [-0.05, 0) is 31.2 Å². The van der Waals surface area contributed by atoms with Crippen molar-refractivity contribution in [2.24, 2.45) is 0 Å². The first-order chi connectivity index (χ1) is 11.3. The van der Waals surface area contributed by atoms with E-state index in [1.165, 1.54) is 0 Å². The molecule has 2 heterocycles. The van der Waals surface area contributed by atoms with Gasteiger partial charge in [0.1, 0.15) is 0 Å². The van der Waals surface area contributed by atoms with E-state index in [1.807, 2.05) is 18.2 Å². The van der Waals surface area contributed by atoms with Gasteiger partial charge in [-0.3, -0.25) is 4.79 Å². The standard InChI is InChI=1S/C17H20N4O2/c22-16(18-17(8-9-17)13-5-2-1-3-6-13)15-12-21(20-19-15)11-14-7-4-10-23-14/h1-3,5-6,12,14H,4,7-11H2,(H,18,22)/t14-/m1/s1. The number of amides is 1. The summed E-state index contributed by atoms with van der Waals surface area (Å²) < 4.78 is 7.29. The molecule has 1 amide bonds. The molecule has 6 nitrogen and oxygen atoms in total. The van der Waals surface area contributed by atoms with Crippen LogP contribution in [0.15, 0.2) is 36.5 Å². The molecule has 120 valence electrons. The number of hydrogen-bond acceptors (Lipinski definition) is 4. The van der Waals surface area contributed by atoms with Crippen LogP contribution in [0.5, 0.6) is 0 Å². The SMILES string of the molecule is O=C(NC1(c2ccccc2)CC1)c1cn(C[C@H]2CCCO2)nn1. The van der Waals surface area contributed by atoms with Crippen LogP contribution in [0.25, 0.3) is 0 Å². The van der Waals surface area contributed by atoms with Crippen molar-refractivity contribution in [3.05, 3.63) is 47.8 Å². The van der Waals surface area contributed by atoms with E-state index in [-0.39, 0.29) is 17.6 Å². The Bertz CT molecular complexity index is 688. The topological polar surface area (TPSA) is 69.0 Å². The lowest BCUT2D eigenvalue weighted by molar-refractivity contribution is 0.0919. The summed E-state index contributed by atoms with van der Waals surface area (Å²) in [5.74, 6) is -0.162. The lowest BCUT2D eigenvalue weighted by Gasteiger charge is -2.16. The fourth-order valence-electron chi connectivity index (χ4n) is 3.14. The van der Waals surface area contributed by atoms with Gasteiger partial charge < -0.3 is 10.1 Å². The predicted octanol–water partition coefficient (Wildman–Crippen LogP) is 1.88. The normalized spacial score (nSPS) is 22.0. The first kappa shape index (κ1) is 14.4. The molecule has 6 heteroatoms. The van der Waals surface area contributed by atoms with Gasteiger partial charge in [-0.15, -0.1) is 5.10 Å². The molecular formula is C17H20N4O2. The molecule has 4 rings (SSSR count). The summed E-state index contributed by atoms with van der Waals surface area (Å²) >= 11 is 0. The fraction of sp³-hybridized carbons (Fsp3) is 0.471. The molecule has 1 aliphatic heterocycles. The van der Waals surface area contributed by atoms with E-state index in [9.17, 15) is 4.79 Å². The smallest absolute Gasteiger partial charge is 0.274 e. The number of nitrogens with zero attached hydrogens (tertiary/aromatic N) is 3. The van der Waals surface area contributed by atoms with Crippen molar-refractivity contribution in [3.8, 4) is 0 Å². The molecule has 2 aliphatic rings. The second-order valence-electron chi connectivity index (χ2n) is 6.36. The first-order valence-corrected chi connectivity index (χ1v) is 8.15. The zero-order valence-electron chi connectivity index (χ0n) is 12.9. The maximum atomic E-state index is 12.5. The fourth-order valence-corrected chi connectivity index (χ4v) is 3.14. The van der Waals surface area contributed by atoms with Gasteiger partial charge in [0.2, 0.25) is 0 Å². The molecule has 1 aliphatic carbocycles. The van der Waals surface area contributed by atoms with E-state index in [1.54, 1.807) is 10.9 Å². The average molecular weight is 312 g/mol. The van der Waals surface area contributed by atoms with Crippen LogP contribution in [0.2, 0.25) is 0 Å². The largest absolute Gasteiger partial charge is 0.376 e. The van der Waals surface area contributed by atoms with Crippen LogP contribution in [0.1, 0.15) is 41.7 Å². The molecule has 0 radical (unpaired) electrons. The summed E-state index contributed by atoms with van der Waals surface area (Å²) in [4.78, 5) is 12.5. The van der Waals surface area contributed by atoms with E-state index in [0.29, 0.717) is 12.2 Å². The van der Waals surface area contributed by atoms with Crippen LogP contribution in [0, 0.1) is 0 Å². The highest BCUT2D eigenvalue weighted by Crippen LogP contribution is 2.45. The van der Waals surface area contributed by atoms with E-state index in [0.717, 1.165) is 37.9 Å². The van der Waals surface area contributed by atoms with Crippen LogP contribution in [0.4, 0.5) is 0 Å². The molecule has 0 spiro atoms. The molecule has 2 fully saturated rings. The minimum Gasteiger partial charge on any atom is -0.376 e. The molecule has 0 bridgehead atoms. The van der Waals surface area contributed by atoms with E-state index < -0.39 is 0 Å². The summed E-state index contributed by atoms with van der Waals surface area (Å²) in [6.07, 6.45) is 5.95. The Labute approximate surface area is 134 Å². The maximum absolute atomic E-state index is 12.5. The van der Waals surface area contributed by atoms with Crippen LogP contribution < -0.4 is 5.32 Å². The minimum atomic E-state index is -0.226. The molecule has 1 atom stereocenters. The van der Waals surface area contributed by atoms with Crippen molar-refractivity contribution >= 4 is 5.91 Å². The third-order valence-electron chi connectivity index (χ3n) is 4.62. The summed E-state index contributed by atoms with van der Waals surface area (Å²) in [6, 6.07) is 10.1. The molecule has 1 saturated heterocycles. The number of benzene rings is 1. The highest BCUT2D eigenvalue weighted by atomic mass is 16.5. The third-order valence-corrected chi connectivity index (χ3v) is 4.62. The molecule has 0 unspecified atom stereocenters. The Morgan fingerprint density at radius 1 is 1.35 bits per heavy atom. The Kier molecular flexibility index (Phi) is 3.61. The van der Waals surface area contributed by atoms with Crippen molar-refractivity contribution in [1.29, 1.82) is 0 Å². The number of ether oxygens (including phenoxy) is 1. The Morgan fingerprint density at radius 3 is 2.87 bits per heavy atom. The quantitative estimate of drug-likeness (QED) is 0.915. The lowest BCUT2D eigenvalue weighted by Crippen LogP contribution is -2.35. The number of aromatic nitrogens is 3. The first-order valence-electron chi connectivity index (χ1n) is 8.15. The van der Waals surface area contributed by atoms with Crippen LogP contribution in [-0.2, 0) is 16.8 Å². The molecule has 1 saturated carbocycles. The van der Waals surface area contributed by atoms with Crippen molar-refractivity contribution in [2.75, 3.05) is 6.61 Å². The van der Waals surface area contributed by atoms with E-state index in [4.69, 9.17) is 4.74 Å². The highest BCUT2D eigenvalue weighted by molar-refractivity contribution is 5.92. The van der Waals surface area contributed by atoms with Gasteiger partial charge in [0, 0.05) is 6.61 Å². The van der Waals surface area contributed by atoms with Crippen molar-refractivity contribution in [2.45, 2.75) is 43.9 Å². The zero-order chi connectivity index (χ0) is 15.7. The predicted molar refractivity (Wildman–Crippen MR) is 83.8 cm³/mol. The number of rotatable bonds is 5. The van der Waals surface area contributed by atoms with Crippen molar-refractivity contribution in [1.82, 2.24) is 20.3 Å². The van der Waals surface area contributed by atoms with Crippen molar-refractivity contribution in [3.63, 3.8) is 0 Å². The summed E-state index contributed by atoms with van der Waals surface area (Å²) in [6.45, 7) is 1.47. The van der Waals surface area contributed by atoms with Gasteiger partial charge in [0.15, 0.2) is 5.69 Å². The van der Waals surface area contributed by atoms with Gasteiger partial charge >= 0.3 is 0 Å². The lowest BCUT2D eigenvalue weighted by atomic mass is 10.1. The van der Waals surface area contributed by atoms with Gasteiger partial charge in [0.05, 0.1) is 24.4 Å². The average Bonchev–Trinajstić information content (AvgIpc) is 3.00. The van der Waals surface area contributed by atoms with Crippen LogP contribution in [-0.4, -0.2) is 33.6 Å². The van der Waals surface area contributed by atoms with Crippen LogP contribution >= 0.6 is 0 Å². The molecule has 1 aromatic heterocycles. The van der Waals surface area contributed by atoms with Crippen molar-refractivity contribution < 1.29 is 9.53 Å². The van der Waals surface area contributed by atoms with Gasteiger partial charge in [0.25, 0.3) is 5.91 Å². The molecular weight excluding hydrogens is 292 g/mol. The Hall–Kier alpha value is -2.21. The van der Waals surface area contributed by atoms with Crippen LogP contribution in [0.3, 0.4) is 0 Å². The minimum absolute atomic E-state index is 0.162. The molecule has 23 heavy (non-hydrogen) atoms. The summed E-state index contributed by atoms with van der Waals surface area (Å²) in [7, 11) is 0. The molecule has 2 aromatic rings. The molecule has 1 aromatic carbocycles. The number of nitrogens with one attached hydrogen (secondary N) is 1. The van der Waals surface area contributed by atoms with E-state index in [2.05, 4.69) is 27.8 Å². The maximum Gasteiger partial charge on any atom is 0.274 e. The Morgan fingerprint density at radius 2 is 2.17 bits per heavy atom. The second-order valence-corrected chi connectivity index (χ2v) is 6.36. The second kappa shape index (κ2) is 5.77. The zero-order valence-corrected chi connectivity index (χ0v) is 12.9. The van der Waals surface area contributed by atoms with Gasteiger partial charge in [-0.1, -0.05) is 35.5 Å². The summed E-state index contributed by atoms with van der Waals surface area (Å²) in [5, 5.41) is 11.2. The molecule has 1 N–H and O–H groups in total. The van der Waals surface area contributed by atoms with Gasteiger partial charge in [-0.2, -0.15) is 0 Å². The van der Waals surface area contributed by atoms with Gasteiger partial charge in [-0.25, -0.2) is 4.68 Å². The number of carbonyl (C=O) groups excluding carboxylic acids is 1. The van der Waals surface area contributed by atoms with E-state index >= 15 is 0 Å². The number of hydrogen-bond donors (Lipinski definition) is 1. The Balaban J connectivity index is 1.42. The number of carbonyl (C=O) groups is 1. The summed E-state index contributed by atoms with van der Waals surface area (Å²) in [5.41, 5.74) is 1.29. The monoisotopic (exact) mass is 312 g/mol. The third kappa shape index (κ3) is 2.99.